The van der Waals surface area contributed by atoms with Crippen molar-refractivity contribution in [1.29, 1.82) is 0 Å². The number of hydrogen-bond donors (Lipinski definition) is 1. The number of likely N-dealkylation sites (N-methyl/N-ethyl adjacent to an activating group) is 1. The topological polar surface area (TPSA) is 55.6 Å². The Morgan fingerprint density at radius 1 is 1.75 bits per heavy atom. The second-order valence-corrected chi connectivity index (χ2v) is 2.93. The maximum Gasteiger partial charge on any atom is 0.248 e. The van der Waals surface area contributed by atoms with E-state index in [2.05, 4.69) is 0 Å². The molecule has 0 aromatic carbocycles. The Bertz CT molecular complexity index is 159. The van der Waals surface area contributed by atoms with Crippen LogP contribution in [0.15, 0.2) is 0 Å². The Morgan fingerprint density at radius 2 is 2.50 bits per heavy atom. The van der Waals surface area contributed by atoms with Crippen molar-refractivity contribution in [2.24, 2.45) is 5.73 Å². The molecule has 1 aliphatic rings. The van der Waals surface area contributed by atoms with Gasteiger partial charge in [0.2, 0.25) is 5.91 Å². The van der Waals surface area contributed by atoms with Crippen molar-refractivity contribution in [3.8, 4) is 0 Å². The summed E-state index contributed by atoms with van der Waals surface area (Å²) in [5.74, 6) is 0.0854. The van der Waals surface area contributed by atoms with Gasteiger partial charge in [0, 0.05) is 6.54 Å². The molecule has 1 fully saturated rings. The lowest BCUT2D eigenvalue weighted by Crippen LogP contribution is -2.49. The standard InChI is InChI=1S/C8H16N2O2/c1-2-10-7(3-4-9)5-12-6-8(10)11/h7H,2-6,9H2,1H3. The van der Waals surface area contributed by atoms with Crippen molar-refractivity contribution in [3.63, 3.8) is 0 Å². The fourth-order valence-corrected chi connectivity index (χ4v) is 1.52. The number of nitrogens with two attached hydrogens (primary N) is 1. The summed E-state index contributed by atoms with van der Waals surface area (Å²) in [6.45, 7) is 4.21. The van der Waals surface area contributed by atoms with Crippen LogP contribution in [0, 0.1) is 0 Å². The van der Waals surface area contributed by atoms with Gasteiger partial charge in [-0.3, -0.25) is 4.79 Å². The van der Waals surface area contributed by atoms with Crippen LogP contribution in [0.3, 0.4) is 0 Å². The molecule has 0 aromatic heterocycles. The minimum absolute atomic E-state index is 0.0854. The summed E-state index contributed by atoms with van der Waals surface area (Å²) in [6, 6.07) is 0.196. The summed E-state index contributed by atoms with van der Waals surface area (Å²) < 4.78 is 5.13. The van der Waals surface area contributed by atoms with Crippen molar-refractivity contribution >= 4 is 5.91 Å². The molecule has 0 bridgehead atoms. The normalized spacial score (nSPS) is 24.7. The fourth-order valence-electron chi connectivity index (χ4n) is 1.52. The Kier molecular flexibility index (Phi) is 3.49. The van der Waals surface area contributed by atoms with Crippen molar-refractivity contribution < 1.29 is 9.53 Å². The lowest BCUT2D eigenvalue weighted by Gasteiger charge is -2.34. The number of morpholine rings is 1. The molecular weight excluding hydrogens is 156 g/mol. The van der Waals surface area contributed by atoms with Crippen LogP contribution in [0.5, 0.6) is 0 Å². The molecule has 70 valence electrons. The first kappa shape index (κ1) is 9.48. The Labute approximate surface area is 72.7 Å². The number of carbonyl (C=O) groups is 1. The van der Waals surface area contributed by atoms with Crippen LogP contribution in [0.25, 0.3) is 0 Å². The van der Waals surface area contributed by atoms with Crippen molar-refractivity contribution in [2.75, 3.05) is 26.3 Å². The Hall–Kier alpha value is -0.610. The molecule has 1 aliphatic heterocycles. The number of ether oxygens (including phenoxy) is 1. The average Bonchev–Trinajstić information content (AvgIpc) is 2.05. The van der Waals surface area contributed by atoms with Crippen LogP contribution in [0.2, 0.25) is 0 Å². The SMILES string of the molecule is CCN1C(=O)COCC1CCN. The fraction of sp³-hybridized carbons (Fsp3) is 0.875. The first-order valence-corrected chi connectivity index (χ1v) is 4.36. The van der Waals surface area contributed by atoms with Crippen LogP contribution in [0.4, 0.5) is 0 Å². The molecule has 0 radical (unpaired) electrons. The van der Waals surface area contributed by atoms with Crippen molar-refractivity contribution in [2.45, 2.75) is 19.4 Å². The third-order valence-electron chi connectivity index (χ3n) is 2.14. The molecule has 1 rings (SSSR count). The van der Waals surface area contributed by atoms with E-state index >= 15 is 0 Å². The molecule has 1 heterocycles. The molecule has 0 aliphatic carbocycles. The summed E-state index contributed by atoms with van der Waals surface area (Å²) in [6.07, 6.45) is 0.833. The van der Waals surface area contributed by atoms with E-state index in [9.17, 15) is 4.79 Å². The molecule has 0 saturated carbocycles. The maximum absolute atomic E-state index is 11.3. The highest BCUT2D eigenvalue weighted by atomic mass is 16.5. The van der Waals surface area contributed by atoms with Crippen molar-refractivity contribution in [3.05, 3.63) is 0 Å². The van der Waals surface area contributed by atoms with Crippen LogP contribution in [-0.4, -0.2) is 43.2 Å². The molecule has 1 saturated heterocycles. The number of nitrogens with zero attached hydrogens (tertiary/aromatic N) is 1. The first-order chi connectivity index (χ1) is 5.79. The highest BCUT2D eigenvalue weighted by Crippen LogP contribution is 2.09. The smallest absolute Gasteiger partial charge is 0.248 e. The number of hydrogen-bond acceptors (Lipinski definition) is 3. The third kappa shape index (κ3) is 1.95. The number of amides is 1. The predicted octanol–water partition coefficient (Wildman–Crippen LogP) is -0.417. The highest BCUT2D eigenvalue weighted by Gasteiger charge is 2.26. The second kappa shape index (κ2) is 4.42. The van der Waals surface area contributed by atoms with Gasteiger partial charge in [-0.25, -0.2) is 0 Å². The van der Waals surface area contributed by atoms with Crippen LogP contribution >= 0.6 is 0 Å². The van der Waals surface area contributed by atoms with Crippen LogP contribution in [-0.2, 0) is 9.53 Å². The van der Waals surface area contributed by atoms with E-state index < -0.39 is 0 Å². The molecular formula is C8H16N2O2. The quantitative estimate of drug-likeness (QED) is 0.629. The maximum atomic E-state index is 11.3. The van der Waals surface area contributed by atoms with E-state index in [1.165, 1.54) is 0 Å². The summed E-state index contributed by atoms with van der Waals surface area (Å²) in [5, 5.41) is 0. The van der Waals surface area contributed by atoms with E-state index in [0.717, 1.165) is 13.0 Å². The largest absolute Gasteiger partial charge is 0.369 e. The van der Waals surface area contributed by atoms with Gasteiger partial charge in [0.25, 0.3) is 0 Å². The first-order valence-electron chi connectivity index (χ1n) is 4.36. The van der Waals surface area contributed by atoms with Gasteiger partial charge in [-0.2, -0.15) is 0 Å². The van der Waals surface area contributed by atoms with Gasteiger partial charge in [-0.15, -0.1) is 0 Å². The Morgan fingerprint density at radius 3 is 3.08 bits per heavy atom. The van der Waals surface area contributed by atoms with Gasteiger partial charge in [0.1, 0.15) is 6.61 Å². The monoisotopic (exact) mass is 172 g/mol. The predicted molar refractivity (Wildman–Crippen MR) is 45.7 cm³/mol. The number of carbonyl (C=O) groups excluding carboxylic acids is 1. The summed E-state index contributed by atoms with van der Waals surface area (Å²) >= 11 is 0. The molecule has 4 nitrogen and oxygen atoms in total. The third-order valence-corrected chi connectivity index (χ3v) is 2.14. The molecule has 0 aromatic rings. The summed E-state index contributed by atoms with van der Waals surface area (Å²) in [7, 11) is 0. The molecule has 4 heteroatoms. The van der Waals surface area contributed by atoms with Gasteiger partial charge in [-0.1, -0.05) is 0 Å². The second-order valence-electron chi connectivity index (χ2n) is 2.93. The van der Waals surface area contributed by atoms with Crippen LogP contribution in [0.1, 0.15) is 13.3 Å². The van der Waals surface area contributed by atoms with Gasteiger partial charge in [-0.05, 0) is 19.9 Å². The molecule has 1 atom stereocenters. The molecule has 2 N–H and O–H groups in total. The van der Waals surface area contributed by atoms with Gasteiger partial charge < -0.3 is 15.4 Å². The molecule has 1 unspecified atom stereocenters. The minimum atomic E-state index is 0.0854. The number of rotatable bonds is 3. The zero-order chi connectivity index (χ0) is 8.97. The Balaban J connectivity index is 2.51. The van der Waals surface area contributed by atoms with E-state index in [4.69, 9.17) is 10.5 Å². The van der Waals surface area contributed by atoms with Gasteiger partial charge in [0.15, 0.2) is 0 Å². The zero-order valence-electron chi connectivity index (χ0n) is 7.45. The summed E-state index contributed by atoms with van der Waals surface area (Å²) in [4.78, 5) is 13.1. The minimum Gasteiger partial charge on any atom is -0.369 e. The average molecular weight is 172 g/mol. The zero-order valence-corrected chi connectivity index (χ0v) is 7.45. The van der Waals surface area contributed by atoms with E-state index in [1.54, 1.807) is 0 Å². The lowest BCUT2D eigenvalue weighted by atomic mass is 10.1. The van der Waals surface area contributed by atoms with E-state index in [-0.39, 0.29) is 18.6 Å². The molecule has 0 spiro atoms. The summed E-state index contributed by atoms with van der Waals surface area (Å²) in [5.41, 5.74) is 5.43. The van der Waals surface area contributed by atoms with Crippen molar-refractivity contribution in [1.82, 2.24) is 4.90 Å². The van der Waals surface area contributed by atoms with Gasteiger partial charge in [0.05, 0.1) is 12.6 Å². The van der Waals surface area contributed by atoms with E-state index in [1.807, 2.05) is 11.8 Å². The van der Waals surface area contributed by atoms with E-state index in [0.29, 0.717) is 13.2 Å². The highest BCUT2D eigenvalue weighted by molar-refractivity contribution is 5.78. The van der Waals surface area contributed by atoms with Crippen LogP contribution < -0.4 is 5.73 Å². The van der Waals surface area contributed by atoms with Gasteiger partial charge >= 0.3 is 0 Å². The molecule has 12 heavy (non-hydrogen) atoms. The molecule has 1 amide bonds. The lowest BCUT2D eigenvalue weighted by molar-refractivity contribution is -0.147.